The predicted molar refractivity (Wildman–Crippen MR) is 81.5 cm³/mol. The van der Waals surface area contributed by atoms with Crippen LogP contribution in [0.2, 0.25) is 0 Å². The predicted octanol–water partition coefficient (Wildman–Crippen LogP) is 4.02. The Hall–Kier alpha value is -1.77. The van der Waals surface area contributed by atoms with Gasteiger partial charge in [0.1, 0.15) is 0 Å². The van der Waals surface area contributed by atoms with Crippen molar-refractivity contribution >= 4 is 5.82 Å². The van der Waals surface area contributed by atoms with Crippen LogP contribution >= 0.6 is 0 Å². The number of nitrogens with zero attached hydrogens (tertiary/aromatic N) is 1. The second-order valence-corrected chi connectivity index (χ2v) is 5.40. The van der Waals surface area contributed by atoms with Crippen LogP contribution < -0.4 is 5.32 Å². The van der Waals surface area contributed by atoms with E-state index in [-0.39, 0.29) is 0 Å². The fraction of sp³-hybridized carbons (Fsp3) is 0.438. The molecule has 0 saturated heterocycles. The van der Waals surface area contributed by atoms with Crippen LogP contribution in [0.3, 0.4) is 0 Å². The number of aromatic nitrogens is 2. The van der Waals surface area contributed by atoms with E-state index in [1.807, 2.05) is 0 Å². The number of anilines is 1. The van der Waals surface area contributed by atoms with Gasteiger partial charge < -0.3 is 5.32 Å². The Morgan fingerprint density at radius 2 is 1.89 bits per heavy atom. The van der Waals surface area contributed by atoms with E-state index in [4.69, 9.17) is 0 Å². The molecule has 0 atom stereocenters. The highest BCUT2D eigenvalue weighted by Gasteiger charge is 2.10. The molecule has 102 valence electrons. The van der Waals surface area contributed by atoms with Gasteiger partial charge in [-0.05, 0) is 30.4 Å². The minimum atomic E-state index is 0.614. The largest absolute Gasteiger partial charge is 0.368 e. The van der Waals surface area contributed by atoms with Crippen LogP contribution in [0.4, 0.5) is 5.82 Å². The first-order chi connectivity index (χ1) is 9.11. The molecule has 0 aliphatic heterocycles. The third-order valence-corrected chi connectivity index (χ3v) is 3.34. The molecule has 3 nitrogen and oxygen atoms in total. The van der Waals surface area contributed by atoms with Crippen molar-refractivity contribution in [2.45, 2.75) is 34.1 Å². The molecule has 0 aliphatic rings. The molecule has 3 heteroatoms. The maximum Gasteiger partial charge on any atom is 0.151 e. The Labute approximate surface area is 115 Å². The summed E-state index contributed by atoms with van der Waals surface area (Å²) in [5, 5.41) is 10.9. The third kappa shape index (κ3) is 3.16. The van der Waals surface area contributed by atoms with Crippen molar-refractivity contribution in [2.24, 2.45) is 5.92 Å². The highest BCUT2D eigenvalue weighted by atomic mass is 15.2. The van der Waals surface area contributed by atoms with Gasteiger partial charge in [0, 0.05) is 12.1 Å². The molecule has 1 aromatic heterocycles. The van der Waals surface area contributed by atoms with Gasteiger partial charge in [-0.15, -0.1) is 0 Å². The van der Waals surface area contributed by atoms with Crippen LogP contribution in [0.25, 0.3) is 11.3 Å². The quantitative estimate of drug-likeness (QED) is 0.849. The second kappa shape index (κ2) is 5.91. The van der Waals surface area contributed by atoms with Gasteiger partial charge in [-0.3, -0.25) is 5.10 Å². The molecule has 0 spiro atoms. The first kappa shape index (κ1) is 13.7. The zero-order valence-corrected chi connectivity index (χ0v) is 12.2. The minimum Gasteiger partial charge on any atom is -0.368 e. The van der Waals surface area contributed by atoms with E-state index in [0.29, 0.717) is 5.92 Å². The van der Waals surface area contributed by atoms with Crippen molar-refractivity contribution in [3.63, 3.8) is 0 Å². The van der Waals surface area contributed by atoms with Crippen LogP contribution in [0.5, 0.6) is 0 Å². The van der Waals surface area contributed by atoms with Crippen LogP contribution in [-0.4, -0.2) is 16.7 Å². The number of aryl methyl sites for hydroxylation is 1. The molecule has 19 heavy (non-hydrogen) atoms. The van der Waals surface area contributed by atoms with Crippen LogP contribution in [0, 0.1) is 12.8 Å². The SMILES string of the molecule is CCc1ccc(-c2[nH]nc(NCC(C)C)c2C)cc1. The van der Waals surface area contributed by atoms with E-state index < -0.39 is 0 Å². The molecule has 0 bridgehead atoms. The molecule has 0 saturated carbocycles. The number of hydrogen-bond acceptors (Lipinski definition) is 2. The molecule has 0 amide bonds. The fourth-order valence-corrected chi connectivity index (χ4v) is 2.06. The van der Waals surface area contributed by atoms with Crippen LogP contribution in [0.1, 0.15) is 31.9 Å². The van der Waals surface area contributed by atoms with Crippen molar-refractivity contribution in [2.75, 3.05) is 11.9 Å². The standard InChI is InChI=1S/C16H23N3/c1-5-13-6-8-14(9-7-13)15-12(4)16(19-18-15)17-10-11(2)3/h6-9,11H,5,10H2,1-4H3,(H2,17,18,19). The lowest BCUT2D eigenvalue weighted by atomic mass is 10.1. The van der Waals surface area contributed by atoms with Crippen molar-refractivity contribution in [1.82, 2.24) is 10.2 Å². The molecule has 0 fully saturated rings. The maximum absolute atomic E-state index is 4.37. The molecule has 2 N–H and O–H groups in total. The first-order valence-electron chi connectivity index (χ1n) is 7.00. The molecule has 1 heterocycles. The lowest BCUT2D eigenvalue weighted by molar-refractivity contribution is 0.686. The first-order valence-corrected chi connectivity index (χ1v) is 7.00. The van der Waals surface area contributed by atoms with Gasteiger partial charge in [0.05, 0.1) is 5.69 Å². The Balaban J connectivity index is 2.20. The molecule has 2 aromatic rings. The highest BCUT2D eigenvalue weighted by Crippen LogP contribution is 2.26. The van der Waals surface area contributed by atoms with Gasteiger partial charge in [-0.1, -0.05) is 45.0 Å². The minimum absolute atomic E-state index is 0.614. The number of hydrogen-bond donors (Lipinski definition) is 2. The zero-order chi connectivity index (χ0) is 13.8. The highest BCUT2D eigenvalue weighted by molar-refractivity contribution is 5.68. The van der Waals surface area contributed by atoms with Gasteiger partial charge in [0.15, 0.2) is 5.82 Å². The number of nitrogens with one attached hydrogen (secondary N) is 2. The topological polar surface area (TPSA) is 40.7 Å². The fourth-order valence-electron chi connectivity index (χ4n) is 2.06. The van der Waals surface area contributed by atoms with E-state index in [0.717, 1.165) is 24.5 Å². The van der Waals surface area contributed by atoms with E-state index >= 15 is 0 Å². The van der Waals surface area contributed by atoms with Crippen molar-refractivity contribution in [3.8, 4) is 11.3 Å². The molecular weight excluding hydrogens is 234 g/mol. The van der Waals surface area contributed by atoms with Crippen molar-refractivity contribution in [1.29, 1.82) is 0 Å². The normalized spacial score (nSPS) is 11.0. The monoisotopic (exact) mass is 257 g/mol. The Kier molecular flexibility index (Phi) is 4.25. The Morgan fingerprint density at radius 1 is 1.21 bits per heavy atom. The number of rotatable bonds is 5. The summed E-state index contributed by atoms with van der Waals surface area (Å²) in [7, 11) is 0. The summed E-state index contributed by atoms with van der Waals surface area (Å²) in [4.78, 5) is 0. The second-order valence-electron chi connectivity index (χ2n) is 5.40. The Morgan fingerprint density at radius 3 is 2.47 bits per heavy atom. The number of aromatic amines is 1. The molecule has 0 radical (unpaired) electrons. The average molecular weight is 257 g/mol. The smallest absolute Gasteiger partial charge is 0.151 e. The summed E-state index contributed by atoms with van der Waals surface area (Å²) in [6.45, 7) is 9.61. The zero-order valence-electron chi connectivity index (χ0n) is 12.2. The molecule has 0 unspecified atom stereocenters. The molecule has 2 rings (SSSR count). The van der Waals surface area contributed by atoms with E-state index in [2.05, 4.69) is 67.5 Å². The number of H-pyrrole nitrogens is 1. The van der Waals surface area contributed by atoms with Gasteiger partial charge in [-0.2, -0.15) is 5.10 Å². The average Bonchev–Trinajstić information content (AvgIpc) is 2.78. The number of benzene rings is 1. The summed E-state index contributed by atoms with van der Waals surface area (Å²) in [5.41, 5.74) is 4.85. The molecule has 1 aromatic carbocycles. The Bertz CT molecular complexity index is 523. The maximum atomic E-state index is 4.37. The third-order valence-electron chi connectivity index (χ3n) is 3.34. The van der Waals surface area contributed by atoms with Crippen LogP contribution in [-0.2, 0) is 6.42 Å². The van der Waals surface area contributed by atoms with E-state index in [1.165, 1.54) is 16.7 Å². The van der Waals surface area contributed by atoms with Gasteiger partial charge >= 0.3 is 0 Å². The summed E-state index contributed by atoms with van der Waals surface area (Å²) in [5.74, 6) is 1.58. The van der Waals surface area contributed by atoms with Crippen LogP contribution in [0.15, 0.2) is 24.3 Å². The van der Waals surface area contributed by atoms with E-state index in [9.17, 15) is 0 Å². The van der Waals surface area contributed by atoms with Crippen molar-refractivity contribution in [3.05, 3.63) is 35.4 Å². The summed E-state index contributed by atoms with van der Waals surface area (Å²) in [6, 6.07) is 8.67. The van der Waals surface area contributed by atoms with E-state index in [1.54, 1.807) is 0 Å². The lowest BCUT2D eigenvalue weighted by Gasteiger charge is -2.07. The lowest BCUT2D eigenvalue weighted by Crippen LogP contribution is -2.08. The van der Waals surface area contributed by atoms with Crippen molar-refractivity contribution < 1.29 is 0 Å². The van der Waals surface area contributed by atoms with Gasteiger partial charge in [0.2, 0.25) is 0 Å². The molecule has 0 aliphatic carbocycles. The molecular formula is C16H23N3. The van der Waals surface area contributed by atoms with Gasteiger partial charge in [0.25, 0.3) is 0 Å². The van der Waals surface area contributed by atoms with Gasteiger partial charge in [-0.25, -0.2) is 0 Å². The summed E-state index contributed by atoms with van der Waals surface area (Å²) in [6.07, 6.45) is 1.07. The summed E-state index contributed by atoms with van der Waals surface area (Å²) >= 11 is 0. The summed E-state index contributed by atoms with van der Waals surface area (Å²) < 4.78 is 0.